The van der Waals surface area contributed by atoms with Gasteiger partial charge in [-0.3, -0.25) is 4.79 Å². The molecule has 1 aliphatic rings. The third kappa shape index (κ3) is 4.74. The van der Waals surface area contributed by atoms with Gasteiger partial charge in [0.15, 0.2) is 6.04 Å². The molecule has 1 amide bonds. The number of hydrogen-bond donors (Lipinski definition) is 3. The van der Waals surface area contributed by atoms with Crippen LogP contribution in [0.5, 0.6) is 0 Å². The van der Waals surface area contributed by atoms with Crippen molar-refractivity contribution >= 4 is 30.0 Å². The molecule has 0 fully saturated rings. The number of fused-ring (bicyclic) bond motifs is 1. The lowest BCUT2D eigenvalue weighted by atomic mass is 9.92. The topological polar surface area (TPSA) is 79.5 Å². The fourth-order valence-corrected chi connectivity index (χ4v) is 3.75. The van der Waals surface area contributed by atoms with Gasteiger partial charge in [0.1, 0.15) is 5.82 Å². The number of ether oxygens (including phenoxy) is 1. The van der Waals surface area contributed by atoms with E-state index in [9.17, 15) is 14.0 Å². The van der Waals surface area contributed by atoms with Crippen LogP contribution in [0.2, 0.25) is 0 Å². The number of halogens is 2. The summed E-state index contributed by atoms with van der Waals surface area (Å²) in [7, 11) is 3.20. The zero-order valence-electron chi connectivity index (χ0n) is 17.5. The number of rotatable bonds is 7. The standard InChI is InChI=1S/C22H26FN3O3.ClH/c1-12-7-14(5-6-16(12)13(2)10-24-3)20(22(28)29-4)26-19-9-17-15(8-18(19)23)11-25-21(17)27;/h5-9,13,20,24,26H,10-11H2,1-4H3,(H,25,27);1H/t13-,20?;/m0./s1. The molecule has 0 aliphatic carbocycles. The van der Waals surface area contributed by atoms with E-state index in [2.05, 4.69) is 22.9 Å². The molecule has 3 rings (SSSR count). The van der Waals surface area contributed by atoms with Crippen molar-refractivity contribution in [1.29, 1.82) is 0 Å². The number of benzene rings is 2. The maximum Gasteiger partial charge on any atom is 0.332 e. The summed E-state index contributed by atoms with van der Waals surface area (Å²) in [4.78, 5) is 24.4. The van der Waals surface area contributed by atoms with Crippen LogP contribution in [0.4, 0.5) is 10.1 Å². The molecule has 2 aromatic rings. The van der Waals surface area contributed by atoms with Gasteiger partial charge in [-0.1, -0.05) is 25.1 Å². The fourth-order valence-electron chi connectivity index (χ4n) is 3.75. The van der Waals surface area contributed by atoms with Crippen molar-refractivity contribution in [2.75, 3.05) is 26.0 Å². The van der Waals surface area contributed by atoms with Crippen LogP contribution in [0.15, 0.2) is 30.3 Å². The molecule has 1 heterocycles. The second-order valence-corrected chi connectivity index (χ2v) is 7.35. The van der Waals surface area contributed by atoms with Gasteiger partial charge in [0.2, 0.25) is 0 Å². The van der Waals surface area contributed by atoms with E-state index in [4.69, 9.17) is 4.74 Å². The number of nitrogens with one attached hydrogen (secondary N) is 3. The lowest BCUT2D eigenvalue weighted by Crippen LogP contribution is -2.23. The number of likely N-dealkylation sites (N-methyl/N-ethyl adjacent to an activating group) is 1. The van der Waals surface area contributed by atoms with Gasteiger partial charge in [0.25, 0.3) is 5.91 Å². The van der Waals surface area contributed by atoms with Crippen LogP contribution in [0.3, 0.4) is 0 Å². The molecule has 6 nitrogen and oxygen atoms in total. The highest BCUT2D eigenvalue weighted by molar-refractivity contribution is 5.99. The molecule has 2 aromatic carbocycles. The number of aryl methyl sites for hydroxylation is 1. The number of amides is 1. The summed E-state index contributed by atoms with van der Waals surface area (Å²) in [6, 6.07) is 7.60. The summed E-state index contributed by atoms with van der Waals surface area (Å²) >= 11 is 0. The average molecular weight is 436 g/mol. The molecule has 0 bridgehead atoms. The molecule has 1 unspecified atom stereocenters. The molecule has 2 atom stereocenters. The minimum Gasteiger partial charge on any atom is -0.467 e. The SMILES string of the molecule is CNC[C@H](C)c1ccc(C(Nc2cc3c(cc2F)CNC3=O)C(=O)OC)cc1C.Cl. The first kappa shape index (κ1) is 23.6. The summed E-state index contributed by atoms with van der Waals surface area (Å²) < 4.78 is 19.5. The Balaban J connectivity index is 0.00000320. The number of anilines is 1. The highest BCUT2D eigenvalue weighted by Crippen LogP contribution is 2.29. The summed E-state index contributed by atoms with van der Waals surface area (Å²) in [5.41, 5.74) is 3.97. The van der Waals surface area contributed by atoms with E-state index in [1.165, 1.54) is 24.8 Å². The van der Waals surface area contributed by atoms with Crippen molar-refractivity contribution in [2.24, 2.45) is 0 Å². The van der Waals surface area contributed by atoms with Crippen LogP contribution in [-0.2, 0) is 16.1 Å². The van der Waals surface area contributed by atoms with Gasteiger partial charge in [0, 0.05) is 18.7 Å². The molecule has 8 heteroatoms. The molecular weight excluding hydrogens is 409 g/mol. The van der Waals surface area contributed by atoms with E-state index < -0.39 is 17.8 Å². The molecule has 1 aliphatic heterocycles. The van der Waals surface area contributed by atoms with E-state index >= 15 is 0 Å². The Kier molecular flexibility index (Phi) is 7.81. The zero-order chi connectivity index (χ0) is 21.1. The Hall–Kier alpha value is -2.64. The van der Waals surface area contributed by atoms with E-state index in [1.807, 2.05) is 32.2 Å². The number of carbonyl (C=O) groups excluding carboxylic acids is 2. The number of esters is 1. The van der Waals surface area contributed by atoms with E-state index in [0.717, 1.165) is 12.1 Å². The number of methoxy groups -OCH3 is 1. The quantitative estimate of drug-likeness (QED) is 0.580. The smallest absolute Gasteiger partial charge is 0.332 e. The Labute approximate surface area is 182 Å². The Morgan fingerprint density at radius 2 is 2.03 bits per heavy atom. The predicted octanol–water partition coefficient (Wildman–Crippen LogP) is 3.45. The van der Waals surface area contributed by atoms with Crippen molar-refractivity contribution in [2.45, 2.75) is 32.4 Å². The lowest BCUT2D eigenvalue weighted by Gasteiger charge is -2.21. The third-order valence-corrected chi connectivity index (χ3v) is 5.28. The summed E-state index contributed by atoms with van der Waals surface area (Å²) in [6.45, 7) is 5.25. The number of carbonyl (C=O) groups is 2. The molecule has 0 aromatic heterocycles. The lowest BCUT2D eigenvalue weighted by molar-refractivity contribution is -0.141. The van der Waals surface area contributed by atoms with Gasteiger partial charge in [-0.05, 0) is 54.3 Å². The van der Waals surface area contributed by atoms with Crippen LogP contribution >= 0.6 is 12.4 Å². The summed E-state index contributed by atoms with van der Waals surface area (Å²) in [5.74, 6) is -1.00. The zero-order valence-corrected chi connectivity index (χ0v) is 18.3. The average Bonchev–Trinajstić information content (AvgIpc) is 3.05. The largest absolute Gasteiger partial charge is 0.467 e. The van der Waals surface area contributed by atoms with Gasteiger partial charge in [-0.15, -0.1) is 12.4 Å². The first-order valence-corrected chi connectivity index (χ1v) is 9.55. The van der Waals surface area contributed by atoms with Crippen LogP contribution in [0.25, 0.3) is 0 Å². The Morgan fingerprint density at radius 3 is 2.67 bits per heavy atom. The van der Waals surface area contributed by atoms with E-state index in [0.29, 0.717) is 29.2 Å². The predicted molar refractivity (Wildman–Crippen MR) is 117 cm³/mol. The first-order valence-electron chi connectivity index (χ1n) is 9.55. The maximum absolute atomic E-state index is 14.6. The highest BCUT2D eigenvalue weighted by atomic mass is 35.5. The molecular formula is C22H27ClFN3O3. The molecule has 0 spiro atoms. The van der Waals surface area contributed by atoms with Crippen LogP contribution in [0, 0.1) is 12.7 Å². The van der Waals surface area contributed by atoms with Crippen LogP contribution in [-0.4, -0.2) is 32.6 Å². The fraction of sp³-hybridized carbons (Fsp3) is 0.364. The molecule has 0 saturated carbocycles. The Morgan fingerprint density at radius 1 is 1.30 bits per heavy atom. The van der Waals surface area contributed by atoms with Crippen molar-refractivity contribution in [3.8, 4) is 0 Å². The summed E-state index contributed by atoms with van der Waals surface area (Å²) in [5, 5.41) is 8.75. The van der Waals surface area contributed by atoms with Crippen molar-refractivity contribution < 1.29 is 18.7 Å². The van der Waals surface area contributed by atoms with Gasteiger partial charge >= 0.3 is 5.97 Å². The molecule has 3 N–H and O–H groups in total. The second-order valence-electron chi connectivity index (χ2n) is 7.35. The minimum absolute atomic E-state index is 0. The van der Waals surface area contributed by atoms with Gasteiger partial charge < -0.3 is 20.7 Å². The molecule has 162 valence electrons. The Bertz CT molecular complexity index is 951. The van der Waals surface area contributed by atoms with Crippen molar-refractivity contribution in [1.82, 2.24) is 10.6 Å². The number of hydrogen-bond acceptors (Lipinski definition) is 5. The van der Waals surface area contributed by atoms with Crippen molar-refractivity contribution in [3.05, 3.63) is 64.0 Å². The normalized spacial score (nSPS) is 14.2. The van der Waals surface area contributed by atoms with Gasteiger partial charge in [-0.25, -0.2) is 9.18 Å². The van der Waals surface area contributed by atoms with Gasteiger partial charge in [0.05, 0.1) is 12.8 Å². The monoisotopic (exact) mass is 435 g/mol. The van der Waals surface area contributed by atoms with Crippen LogP contribution in [0.1, 0.15) is 51.5 Å². The third-order valence-electron chi connectivity index (χ3n) is 5.28. The first-order chi connectivity index (χ1) is 13.8. The van der Waals surface area contributed by atoms with E-state index in [-0.39, 0.29) is 24.0 Å². The highest BCUT2D eigenvalue weighted by Gasteiger charge is 2.26. The van der Waals surface area contributed by atoms with E-state index in [1.54, 1.807) is 0 Å². The maximum atomic E-state index is 14.6. The van der Waals surface area contributed by atoms with Crippen molar-refractivity contribution in [3.63, 3.8) is 0 Å². The molecule has 0 radical (unpaired) electrons. The van der Waals surface area contributed by atoms with Gasteiger partial charge in [-0.2, -0.15) is 0 Å². The molecule has 0 saturated heterocycles. The van der Waals surface area contributed by atoms with Crippen LogP contribution < -0.4 is 16.0 Å². The second kappa shape index (κ2) is 9.91. The summed E-state index contributed by atoms with van der Waals surface area (Å²) in [6.07, 6.45) is 0. The minimum atomic E-state index is -0.899. The molecule has 30 heavy (non-hydrogen) atoms.